The predicted molar refractivity (Wildman–Crippen MR) is 93.4 cm³/mol. The fraction of sp³-hybridized carbons (Fsp3) is 0.150. The quantitative estimate of drug-likeness (QED) is 0.733. The van der Waals surface area contributed by atoms with Crippen LogP contribution in [0.4, 0.5) is 0 Å². The highest BCUT2D eigenvalue weighted by atomic mass is 32.2. The lowest BCUT2D eigenvalue weighted by Crippen LogP contribution is -1.89. The van der Waals surface area contributed by atoms with E-state index in [1.807, 2.05) is 42.5 Å². The Balaban J connectivity index is 2.24. The molecule has 0 saturated carbocycles. The number of benzene rings is 2. The maximum Gasteiger partial charge on any atom is 0.198 e. The highest BCUT2D eigenvalue weighted by molar-refractivity contribution is 8.17. The first kappa shape index (κ1) is 16.0. The summed E-state index contributed by atoms with van der Waals surface area (Å²) < 4.78 is 0. The second-order valence-corrected chi connectivity index (χ2v) is 5.65. The van der Waals surface area contributed by atoms with Crippen LogP contribution in [0.5, 0.6) is 0 Å². The molecule has 22 heavy (non-hydrogen) atoms. The lowest BCUT2D eigenvalue weighted by molar-refractivity contribution is -0.109. The van der Waals surface area contributed by atoms with Crippen molar-refractivity contribution in [1.29, 1.82) is 0 Å². The zero-order valence-corrected chi connectivity index (χ0v) is 13.5. The largest absolute Gasteiger partial charge is 0.287 e. The van der Waals surface area contributed by atoms with Gasteiger partial charge >= 0.3 is 0 Å². The molecule has 0 fully saturated rings. The van der Waals surface area contributed by atoms with Gasteiger partial charge in [0.15, 0.2) is 5.12 Å². The van der Waals surface area contributed by atoms with Gasteiger partial charge in [0, 0.05) is 35.4 Å². The van der Waals surface area contributed by atoms with Crippen LogP contribution in [0.25, 0.3) is 0 Å². The zero-order chi connectivity index (χ0) is 15.8. The van der Waals surface area contributed by atoms with E-state index in [2.05, 4.69) is 36.0 Å². The van der Waals surface area contributed by atoms with Crippen LogP contribution in [0.2, 0.25) is 0 Å². The van der Waals surface area contributed by atoms with Crippen LogP contribution in [0.15, 0.2) is 48.5 Å². The molecule has 0 aliphatic carbocycles. The smallest absolute Gasteiger partial charge is 0.198 e. The minimum atomic E-state index is 0.0101. The number of thioether (sulfide) groups is 1. The summed E-state index contributed by atoms with van der Waals surface area (Å²) in [5.74, 6) is 9.38. The molecule has 0 aromatic heterocycles. The minimum Gasteiger partial charge on any atom is -0.287 e. The highest BCUT2D eigenvalue weighted by Crippen LogP contribution is 2.12. The van der Waals surface area contributed by atoms with Gasteiger partial charge in [-0.05, 0) is 47.6 Å². The van der Waals surface area contributed by atoms with Gasteiger partial charge in [-0.25, -0.2) is 0 Å². The second kappa shape index (κ2) is 8.13. The van der Waals surface area contributed by atoms with E-state index in [0.717, 1.165) is 40.4 Å². The van der Waals surface area contributed by atoms with Gasteiger partial charge in [-0.2, -0.15) is 0 Å². The van der Waals surface area contributed by atoms with Crippen molar-refractivity contribution in [1.82, 2.24) is 0 Å². The van der Waals surface area contributed by atoms with Gasteiger partial charge in [0.05, 0.1) is 0 Å². The summed E-state index contributed by atoms with van der Waals surface area (Å²) in [6.45, 7) is 3.61. The number of carbonyl (C=O) groups excluding carboxylic acids is 1. The summed E-state index contributed by atoms with van der Waals surface area (Å²) in [6.07, 6.45) is 0.885. The van der Waals surface area contributed by atoms with Crippen LogP contribution < -0.4 is 0 Å². The van der Waals surface area contributed by atoms with Crippen molar-refractivity contribution in [3.63, 3.8) is 0 Å². The van der Waals surface area contributed by atoms with Crippen LogP contribution in [0.3, 0.4) is 0 Å². The monoisotopic (exact) mass is 304 g/mol. The molecule has 2 aromatic carbocycles. The topological polar surface area (TPSA) is 17.1 Å². The molecule has 0 aliphatic heterocycles. The highest BCUT2D eigenvalue weighted by Gasteiger charge is 1.99. The SMILES string of the molecule is CCc1cc(C#Cc2ccccc2)ccc1C#CSC(C)=O. The lowest BCUT2D eigenvalue weighted by atomic mass is 10.0. The molecule has 0 bridgehead atoms. The van der Waals surface area contributed by atoms with E-state index in [4.69, 9.17) is 0 Å². The first-order valence-electron chi connectivity index (χ1n) is 7.07. The summed E-state index contributed by atoms with van der Waals surface area (Å²) >= 11 is 1.03. The summed E-state index contributed by atoms with van der Waals surface area (Å²) in [7, 11) is 0. The number of aryl methyl sites for hydroxylation is 1. The van der Waals surface area contributed by atoms with Crippen LogP contribution >= 0.6 is 11.8 Å². The van der Waals surface area contributed by atoms with Gasteiger partial charge in [0.25, 0.3) is 0 Å². The molecule has 0 heterocycles. The van der Waals surface area contributed by atoms with E-state index in [1.54, 1.807) is 0 Å². The molecule has 0 spiro atoms. The van der Waals surface area contributed by atoms with Crippen LogP contribution in [0, 0.1) is 23.0 Å². The van der Waals surface area contributed by atoms with E-state index >= 15 is 0 Å². The van der Waals surface area contributed by atoms with E-state index in [0.29, 0.717) is 0 Å². The van der Waals surface area contributed by atoms with Gasteiger partial charge < -0.3 is 0 Å². The molecule has 0 amide bonds. The Hall–Kier alpha value is -2.42. The molecule has 0 radical (unpaired) electrons. The Kier molecular flexibility index (Phi) is 5.90. The first-order chi connectivity index (χ1) is 10.7. The second-order valence-electron chi connectivity index (χ2n) is 4.66. The number of hydrogen-bond acceptors (Lipinski definition) is 2. The average molecular weight is 304 g/mol. The molecule has 2 aromatic rings. The normalized spacial score (nSPS) is 9.18. The Morgan fingerprint density at radius 1 is 1.00 bits per heavy atom. The van der Waals surface area contributed by atoms with Crippen LogP contribution in [-0.2, 0) is 11.2 Å². The summed E-state index contributed by atoms with van der Waals surface area (Å²) in [6, 6.07) is 15.9. The molecule has 2 heteroatoms. The van der Waals surface area contributed by atoms with Crippen molar-refractivity contribution in [3.8, 4) is 23.0 Å². The molecular formula is C20H16OS. The Labute approximate surface area is 136 Å². The van der Waals surface area contributed by atoms with E-state index in [9.17, 15) is 4.79 Å². The third kappa shape index (κ3) is 4.85. The lowest BCUT2D eigenvalue weighted by Gasteiger charge is -2.02. The first-order valence-corrected chi connectivity index (χ1v) is 7.89. The average Bonchev–Trinajstić information content (AvgIpc) is 2.54. The number of carbonyl (C=O) groups is 1. The van der Waals surface area contributed by atoms with Gasteiger partial charge in [0.2, 0.25) is 0 Å². The van der Waals surface area contributed by atoms with Gasteiger partial charge in [-0.15, -0.1) is 0 Å². The van der Waals surface area contributed by atoms with Gasteiger partial charge in [-0.1, -0.05) is 42.9 Å². The molecule has 2 rings (SSSR count). The van der Waals surface area contributed by atoms with Crippen molar-refractivity contribution in [2.75, 3.05) is 0 Å². The third-order valence-corrected chi connectivity index (χ3v) is 3.48. The van der Waals surface area contributed by atoms with E-state index < -0.39 is 0 Å². The van der Waals surface area contributed by atoms with Gasteiger partial charge in [0.1, 0.15) is 0 Å². The maximum absolute atomic E-state index is 10.9. The Morgan fingerprint density at radius 2 is 1.73 bits per heavy atom. The fourth-order valence-electron chi connectivity index (χ4n) is 1.90. The zero-order valence-electron chi connectivity index (χ0n) is 12.6. The van der Waals surface area contributed by atoms with Crippen LogP contribution in [-0.4, -0.2) is 5.12 Å². The van der Waals surface area contributed by atoms with Crippen LogP contribution in [0.1, 0.15) is 36.1 Å². The summed E-state index contributed by atoms with van der Waals surface area (Å²) in [5, 5.41) is 2.84. The van der Waals surface area contributed by atoms with Crippen molar-refractivity contribution in [3.05, 3.63) is 70.8 Å². The standard InChI is InChI=1S/C20H16OS/c1-3-19-15-18(10-9-17-7-5-4-6-8-17)11-12-20(19)13-14-22-16(2)21/h4-8,11-12,15H,3H2,1-2H3. The minimum absolute atomic E-state index is 0.0101. The Bertz CT molecular complexity index is 783. The molecule has 0 aliphatic rings. The fourth-order valence-corrected chi connectivity index (χ4v) is 2.21. The van der Waals surface area contributed by atoms with Crippen molar-refractivity contribution in [2.45, 2.75) is 20.3 Å². The molecule has 108 valence electrons. The number of hydrogen-bond donors (Lipinski definition) is 0. The summed E-state index contributed by atoms with van der Waals surface area (Å²) in [4.78, 5) is 10.9. The summed E-state index contributed by atoms with van der Waals surface area (Å²) in [5.41, 5.74) is 4.09. The number of rotatable bonds is 1. The molecule has 0 atom stereocenters. The Morgan fingerprint density at radius 3 is 2.41 bits per heavy atom. The molecule has 0 unspecified atom stereocenters. The predicted octanol–water partition coefficient (Wildman–Crippen LogP) is 4.24. The van der Waals surface area contributed by atoms with Gasteiger partial charge in [-0.3, -0.25) is 4.79 Å². The molecule has 0 N–H and O–H groups in total. The maximum atomic E-state index is 10.9. The third-order valence-electron chi connectivity index (χ3n) is 2.99. The van der Waals surface area contributed by atoms with E-state index in [-0.39, 0.29) is 5.12 Å². The van der Waals surface area contributed by atoms with Crippen molar-refractivity contribution in [2.24, 2.45) is 0 Å². The molecule has 1 nitrogen and oxygen atoms in total. The molecular weight excluding hydrogens is 288 g/mol. The van der Waals surface area contributed by atoms with Crippen molar-refractivity contribution < 1.29 is 4.79 Å². The van der Waals surface area contributed by atoms with E-state index in [1.165, 1.54) is 6.92 Å². The van der Waals surface area contributed by atoms with Crippen molar-refractivity contribution >= 4 is 16.9 Å². The molecule has 0 saturated heterocycles.